The number of allylic oxidation sites excluding steroid dienone is 1. The zero-order chi connectivity index (χ0) is 21.5. The van der Waals surface area contributed by atoms with E-state index in [2.05, 4.69) is 35.9 Å². The molecule has 1 aromatic heterocycles. The summed E-state index contributed by atoms with van der Waals surface area (Å²) >= 11 is 1.30. The minimum Gasteiger partial charge on any atom is -0.325 e. The second-order valence-corrected chi connectivity index (χ2v) is 7.92. The van der Waals surface area contributed by atoms with Crippen molar-refractivity contribution in [3.63, 3.8) is 0 Å². The molecule has 0 aliphatic carbocycles. The summed E-state index contributed by atoms with van der Waals surface area (Å²) in [5.41, 5.74) is 2.78. The van der Waals surface area contributed by atoms with E-state index in [1.165, 1.54) is 29.5 Å². The van der Waals surface area contributed by atoms with E-state index in [0.29, 0.717) is 23.4 Å². The van der Waals surface area contributed by atoms with Crippen LogP contribution in [-0.2, 0) is 11.3 Å². The van der Waals surface area contributed by atoms with Crippen LogP contribution in [0.4, 0.5) is 10.1 Å². The Morgan fingerprint density at radius 2 is 1.90 bits per heavy atom. The second kappa shape index (κ2) is 10.2. The van der Waals surface area contributed by atoms with Gasteiger partial charge in [0.2, 0.25) is 5.91 Å². The Kier molecular flexibility index (Phi) is 7.41. The largest absolute Gasteiger partial charge is 0.325 e. The van der Waals surface area contributed by atoms with Crippen molar-refractivity contribution in [1.82, 2.24) is 14.8 Å². The van der Waals surface area contributed by atoms with Gasteiger partial charge >= 0.3 is 0 Å². The Hall–Kier alpha value is -2.93. The zero-order valence-electron chi connectivity index (χ0n) is 17.1. The molecule has 7 heteroatoms. The van der Waals surface area contributed by atoms with E-state index in [0.717, 1.165) is 17.7 Å². The van der Waals surface area contributed by atoms with Crippen LogP contribution in [0, 0.1) is 5.82 Å². The molecule has 0 fully saturated rings. The zero-order valence-corrected chi connectivity index (χ0v) is 18.0. The number of benzene rings is 2. The molecule has 2 aromatic carbocycles. The van der Waals surface area contributed by atoms with Gasteiger partial charge in [0.05, 0.1) is 5.75 Å². The first-order chi connectivity index (χ1) is 14.5. The minimum absolute atomic E-state index is 0.118. The van der Waals surface area contributed by atoms with Crippen molar-refractivity contribution in [2.24, 2.45) is 0 Å². The van der Waals surface area contributed by atoms with Crippen LogP contribution in [0.1, 0.15) is 31.7 Å². The summed E-state index contributed by atoms with van der Waals surface area (Å²) in [6, 6.07) is 14.0. The van der Waals surface area contributed by atoms with Crippen LogP contribution in [0.3, 0.4) is 0 Å². The predicted molar refractivity (Wildman–Crippen MR) is 120 cm³/mol. The molecule has 0 aliphatic heterocycles. The number of hydrogen-bond donors (Lipinski definition) is 1. The Morgan fingerprint density at radius 1 is 1.20 bits per heavy atom. The van der Waals surface area contributed by atoms with Gasteiger partial charge in [-0.3, -0.25) is 9.36 Å². The maximum atomic E-state index is 13.2. The van der Waals surface area contributed by atoms with E-state index in [1.807, 2.05) is 28.8 Å². The first-order valence-corrected chi connectivity index (χ1v) is 10.8. The Labute approximate surface area is 180 Å². The number of amides is 1. The predicted octanol–water partition coefficient (Wildman–Crippen LogP) is 5.51. The Bertz CT molecular complexity index is 999. The molecule has 30 heavy (non-hydrogen) atoms. The van der Waals surface area contributed by atoms with Gasteiger partial charge in [-0.25, -0.2) is 4.39 Å². The average Bonchev–Trinajstić information content (AvgIpc) is 3.15. The van der Waals surface area contributed by atoms with Crippen molar-refractivity contribution in [2.45, 2.75) is 37.9 Å². The van der Waals surface area contributed by atoms with E-state index < -0.39 is 0 Å². The highest BCUT2D eigenvalue weighted by molar-refractivity contribution is 7.99. The molecular weight excluding hydrogens is 399 g/mol. The van der Waals surface area contributed by atoms with Gasteiger partial charge < -0.3 is 5.32 Å². The van der Waals surface area contributed by atoms with Gasteiger partial charge in [0.1, 0.15) is 5.82 Å². The minimum atomic E-state index is -0.308. The van der Waals surface area contributed by atoms with E-state index in [9.17, 15) is 9.18 Å². The molecule has 0 radical (unpaired) electrons. The summed E-state index contributed by atoms with van der Waals surface area (Å²) in [5.74, 6) is 0.881. The monoisotopic (exact) mass is 424 g/mol. The van der Waals surface area contributed by atoms with Gasteiger partial charge in [-0.05, 0) is 54.3 Å². The lowest BCUT2D eigenvalue weighted by Crippen LogP contribution is -2.14. The van der Waals surface area contributed by atoms with Crippen LogP contribution in [0.2, 0.25) is 0 Å². The lowest BCUT2D eigenvalue weighted by atomic mass is 9.99. The van der Waals surface area contributed by atoms with E-state index >= 15 is 0 Å². The first-order valence-electron chi connectivity index (χ1n) is 9.84. The van der Waals surface area contributed by atoms with Crippen LogP contribution in [-0.4, -0.2) is 26.4 Å². The van der Waals surface area contributed by atoms with Gasteiger partial charge in [0.15, 0.2) is 11.0 Å². The van der Waals surface area contributed by atoms with Crippen molar-refractivity contribution >= 4 is 23.4 Å². The molecule has 0 aliphatic rings. The molecule has 0 spiro atoms. The van der Waals surface area contributed by atoms with E-state index in [-0.39, 0.29) is 17.5 Å². The van der Waals surface area contributed by atoms with Crippen LogP contribution < -0.4 is 5.32 Å². The lowest BCUT2D eigenvalue weighted by Gasteiger charge is -2.11. The van der Waals surface area contributed by atoms with Gasteiger partial charge in [0.25, 0.3) is 0 Å². The molecule has 1 amide bonds. The normalized spacial score (nSPS) is 11.8. The number of rotatable bonds is 9. The molecular formula is C23H25FN4OS. The molecule has 3 aromatic rings. The van der Waals surface area contributed by atoms with Crippen LogP contribution >= 0.6 is 11.8 Å². The highest BCUT2D eigenvalue weighted by Crippen LogP contribution is 2.25. The topological polar surface area (TPSA) is 59.8 Å². The van der Waals surface area contributed by atoms with Crippen LogP contribution in [0.5, 0.6) is 0 Å². The molecule has 0 saturated heterocycles. The second-order valence-electron chi connectivity index (χ2n) is 6.98. The number of hydrogen-bond acceptors (Lipinski definition) is 4. The number of thioether (sulfide) groups is 1. The number of halogens is 1. The van der Waals surface area contributed by atoms with Gasteiger partial charge in [-0.1, -0.05) is 43.8 Å². The number of carbonyl (C=O) groups is 1. The number of anilines is 1. The fourth-order valence-electron chi connectivity index (χ4n) is 2.96. The van der Waals surface area contributed by atoms with Crippen LogP contribution in [0.15, 0.2) is 66.3 Å². The van der Waals surface area contributed by atoms with Gasteiger partial charge in [-0.2, -0.15) is 0 Å². The molecule has 5 nitrogen and oxygen atoms in total. The average molecular weight is 425 g/mol. The number of carbonyl (C=O) groups excluding carboxylic acids is 1. The van der Waals surface area contributed by atoms with Crippen molar-refractivity contribution in [1.29, 1.82) is 0 Å². The standard InChI is InChI=1S/C23H25FN4OS/c1-4-14-28-22(18-6-10-19(24)11-7-18)26-27-23(28)30-15-21(29)25-20-12-8-17(9-13-20)16(3)5-2/h4,6-13,16H,1,5,14-15H2,2-3H3,(H,25,29)/t16-/m0/s1. The van der Waals surface area contributed by atoms with E-state index in [1.54, 1.807) is 18.2 Å². The third-order valence-electron chi connectivity index (χ3n) is 4.84. The van der Waals surface area contributed by atoms with Crippen molar-refractivity contribution in [2.75, 3.05) is 11.1 Å². The third kappa shape index (κ3) is 5.36. The number of nitrogens with zero attached hydrogens (tertiary/aromatic N) is 3. The molecule has 0 bridgehead atoms. The summed E-state index contributed by atoms with van der Waals surface area (Å²) in [4.78, 5) is 12.4. The summed E-state index contributed by atoms with van der Waals surface area (Å²) in [5, 5.41) is 11.9. The highest BCUT2D eigenvalue weighted by atomic mass is 32.2. The van der Waals surface area contributed by atoms with Gasteiger partial charge in [0, 0.05) is 17.8 Å². The maximum absolute atomic E-state index is 13.2. The first kappa shape index (κ1) is 21.8. The Morgan fingerprint density at radius 3 is 2.53 bits per heavy atom. The number of aromatic nitrogens is 3. The van der Waals surface area contributed by atoms with Crippen molar-refractivity contribution < 1.29 is 9.18 Å². The lowest BCUT2D eigenvalue weighted by molar-refractivity contribution is -0.113. The molecule has 156 valence electrons. The smallest absolute Gasteiger partial charge is 0.234 e. The third-order valence-corrected chi connectivity index (χ3v) is 5.81. The summed E-state index contributed by atoms with van der Waals surface area (Å²) in [7, 11) is 0. The summed E-state index contributed by atoms with van der Waals surface area (Å²) < 4.78 is 15.1. The van der Waals surface area contributed by atoms with Gasteiger partial charge in [-0.15, -0.1) is 16.8 Å². The molecule has 0 unspecified atom stereocenters. The summed E-state index contributed by atoms with van der Waals surface area (Å²) in [6.07, 6.45) is 2.81. The fraction of sp³-hybridized carbons (Fsp3) is 0.261. The molecule has 0 saturated carbocycles. The molecule has 3 rings (SSSR count). The molecule has 1 N–H and O–H groups in total. The number of nitrogens with one attached hydrogen (secondary N) is 1. The highest BCUT2D eigenvalue weighted by Gasteiger charge is 2.15. The molecule has 1 heterocycles. The molecule has 1 atom stereocenters. The summed E-state index contributed by atoms with van der Waals surface area (Å²) in [6.45, 7) is 8.61. The van der Waals surface area contributed by atoms with E-state index in [4.69, 9.17) is 0 Å². The van der Waals surface area contributed by atoms with Crippen molar-refractivity contribution in [3.05, 3.63) is 72.6 Å². The Balaban J connectivity index is 1.65. The van der Waals surface area contributed by atoms with Crippen LogP contribution in [0.25, 0.3) is 11.4 Å². The SMILES string of the molecule is C=CCn1c(SCC(=O)Nc2ccc([C@@H](C)CC)cc2)nnc1-c1ccc(F)cc1. The quantitative estimate of drug-likeness (QED) is 0.363. The van der Waals surface area contributed by atoms with Crippen molar-refractivity contribution in [3.8, 4) is 11.4 Å². The maximum Gasteiger partial charge on any atom is 0.234 e. The fourth-order valence-corrected chi connectivity index (χ4v) is 3.71.